The molecular weight excluding hydrogens is 256 g/mol. The second-order valence-corrected chi connectivity index (χ2v) is 8.55. The first-order valence-corrected chi connectivity index (χ1v) is 9.43. The van der Waals surface area contributed by atoms with Crippen molar-refractivity contribution in [2.75, 3.05) is 19.6 Å². The van der Waals surface area contributed by atoms with Crippen LogP contribution in [0, 0.1) is 17.3 Å². The lowest BCUT2D eigenvalue weighted by molar-refractivity contribution is 0.0556. The van der Waals surface area contributed by atoms with Crippen molar-refractivity contribution < 1.29 is 0 Å². The molecule has 0 bridgehead atoms. The minimum atomic E-state index is 0.465. The molecule has 2 fully saturated rings. The molecular formula is C19H38N2. The highest BCUT2D eigenvalue weighted by molar-refractivity contribution is 4.95. The van der Waals surface area contributed by atoms with Crippen LogP contribution < -0.4 is 5.32 Å². The van der Waals surface area contributed by atoms with Gasteiger partial charge in [-0.25, -0.2) is 0 Å². The van der Waals surface area contributed by atoms with Gasteiger partial charge in [0.15, 0.2) is 0 Å². The first-order valence-electron chi connectivity index (χ1n) is 9.43. The molecule has 0 aromatic carbocycles. The zero-order valence-electron chi connectivity index (χ0n) is 15.1. The number of nitrogens with zero attached hydrogens (tertiary/aromatic N) is 1. The maximum absolute atomic E-state index is 3.80. The van der Waals surface area contributed by atoms with E-state index in [1.54, 1.807) is 0 Å². The SMILES string of the molecule is CCCN(CC1CC1)C1CC(C(C)(C)C)CCC1NCC. The van der Waals surface area contributed by atoms with E-state index in [1.807, 2.05) is 0 Å². The van der Waals surface area contributed by atoms with Gasteiger partial charge < -0.3 is 5.32 Å². The lowest BCUT2D eigenvalue weighted by atomic mass is 9.69. The van der Waals surface area contributed by atoms with Crippen molar-refractivity contribution in [3.8, 4) is 0 Å². The van der Waals surface area contributed by atoms with Gasteiger partial charge in [0.2, 0.25) is 0 Å². The predicted molar refractivity (Wildman–Crippen MR) is 92.6 cm³/mol. The number of nitrogens with one attached hydrogen (secondary N) is 1. The van der Waals surface area contributed by atoms with Gasteiger partial charge in [-0.15, -0.1) is 0 Å². The summed E-state index contributed by atoms with van der Waals surface area (Å²) in [6.07, 6.45) is 8.41. The standard InChI is InChI=1S/C19H38N2/c1-6-12-21(14-15-8-9-15)18-13-16(19(3,4)5)10-11-17(18)20-7-2/h15-18,20H,6-14H2,1-5H3. The number of hydrogen-bond donors (Lipinski definition) is 1. The number of rotatable bonds is 7. The summed E-state index contributed by atoms with van der Waals surface area (Å²) in [4.78, 5) is 2.85. The van der Waals surface area contributed by atoms with Crippen LogP contribution in [0.4, 0.5) is 0 Å². The van der Waals surface area contributed by atoms with Gasteiger partial charge in [-0.2, -0.15) is 0 Å². The van der Waals surface area contributed by atoms with Crippen molar-refractivity contribution in [2.24, 2.45) is 17.3 Å². The van der Waals surface area contributed by atoms with E-state index >= 15 is 0 Å². The largest absolute Gasteiger partial charge is 0.313 e. The molecule has 0 heterocycles. The third-order valence-corrected chi connectivity index (χ3v) is 5.68. The predicted octanol–water partition coefficient (Wildman–Crippen LogP) is 4.30. The Kier molecular flexibility index (Phi) is 6.14. The maximum atomic E-state index is 3.80. The highest BCUT2D eigenvalue weighted by atomic mass is 15.2. The molecule has 0 aromatic rings. The Balaban J connectivity index is 2.06. The summed E-state index contributed by atoms with van der Waals surface area (Å²) in [7, 11) is 0. The molecule has 1 N–H and O–H groups in total. The highest BCUT2D eigenvalue weighted by Gasteiger charge is 2.39. The summed E-state index contributed by atoms with van der Waals surface area (Å²) in [5.74, 6) is 1.89. The molecule has 0 spiro atoms. The van der Waals surface area contributed by atoms with E-state index in [1.165, 1.54) is 51.6 Å². The minimum absolute atomic E-state index is 0.465. The van der Waals surface area contributed by atoms with Gasteiger partial charge >= 0.3 is 0 Å². The quantitative estimate of drug-likeness (QED) is 0.753. The van der Waals surface area contributed by atoms with Gasteiger partial charge in [-0.1, -0.05) is 34.6 Å². The van der Waals surface area contributed by atoms with Crippen molar-refractivity contribution in [3.05, 3.63) is 0 Å². The first kappa shape index (κ1) is 17.3. The van der Waals surface area contributed by atoms with Crippen LogP contribution >= 0.6 is 0 Å². The van der Waals surface area contributed by atoms with E-state index < -0.39 is 0 Å². The van der Waals surface area contributed by atoms with E-state index in [0.717, 1.165) is 30.5 Å². The summed E-state index contributed by atoms with van der Waals surface area (Å²) >= 11 is 0. The molecule has 0 amide bonds. The Morgan fingerprint density at radius 2 is 1.76 bits per heavy atom. The fraction of sp³-hybridized carbons (Fsp3) is 1.00. The lowest BCUT2D eigenvalue weighted by Crippen LogP contribution is -2.55. The van der Waals surface area contributed by atoms with Crippen molar-refractivity contribution in [3.63, 3.8) is 0 Å². The van der Waals surface area contributed by atoms with E-state index in [9.17, 15) is 0 Å². The Hall–Kier alpha value is -0.0800. The normalized spacial score (nSPS) is 30.9. The third kappa shape index (κ3) is 4.96. The van der Waals surface area contributed by atoms with Crippen LogP contribution in [0.15, 0.2) is 0 Å². The molecule has 2 aliphatic rings. The molecule has 21 heavy (non-hydrogen) atoms. The Morgan fingerprint density at radius 3 is 2.29 bits per heavy atom. The molecule has 2 nitrogen and oxygen atoms in total. The smallest absolute Gasteiger partial charge is 0.0252 e. The van der Waals surface area contributed by atoms with Crippen LogP contribution in [-0.4, -0.2) is 36.6 Å². The van der Waals surface area contributed by atoms with Crippen LogP contribution in [0.3, 0.4) is 0 Å². The van der Waals surface area contributed by atoms with Crippen LogP contribution in [0.25, 0.3) is 0 Å². The fourth-order valence-corrected chi connectivity index (χ4v) is 4.15. The molecule has 3 unspecified atom stereocenters. The van der Waals surface area contributed by atoms with E-state index in [2.05, 4.69) is 44.8 Å². The van der Waals surface area contributed by atoms with Crippen LogP contribution in [-0.2, 0) is 0 Å². The zero-order valence-corrected chi connectivity index (χ0v) is 15.1. The second kappa shape index (κ2) is 7.46. The second-order valence-electron chi connectivity index (χ2n) is 8.55. The summed E-state index contributed by atoms with van der Waals surface area (Å²) < 4.78 is 0. The molecule has 0 saturated heterocycles. The van der Waals surface area contributed by atoms with Gasteiger partial charge in [0.1, 0.15) is 0 Å². The van der Waals surface area contributed by atoms with Gasteiger partial charge in [0, 0.05) is 18.6 Å². The van der Waals surface area contributed by atoms with Crippen molar-refractivity contribution >= 4 is 0 Å². The maximum Gasteiger partial charge on any atom is 0.0252 e. The van der Waals surface area contributed by atoms with Gasteiger partial charge in [0.05, 0.1) is 0 Å². The summed E-state index contributed by atoms with van der Waals surface area (Å²) in [5, 5.41) is 3.80. The molecule has 2 heteroatoms. The van der Waals surface area contributed by atoms with Gasteiger partial charge in [0.25, 0.3) is 0 Å². The Labute approximate surface area is 133 Å². The first-order chi connectivity index (χ1) is 9.95. The monoisotopic (exact) mass is 294 g/mol. The summed E-state index contributed by atoms with van der Waals surface area (Å²) in [6, 6.07) is 1.49. The average molecular weight is 295 g/mol. The van der Waals surface area contributed by atoms with Crippen molar-refractivity contribution in [2.45, 2.75) is 85.2 Å². The van der Waals surface area contributed by atoms with Gasteiger partial charge in [-0.05, 0) is 68.9 Å². The third-order valence-electron chi connectivity index (χ3n) is 5.68. The molecule has 3 atom stereocenters. The van der Waals surface area contributed by atoms with Crippen LogP contribution in [0.1, 0.15) is 73.1 Å². The molecule has 124 valence electrons. The lowest BCUT2D eigenvalue weighted by Gasteiger charge is -2.46. The van der Waals surface area contributed by atoms with Crippen LogP contribution in [0.2, 0.25) is 0 Å². The highest BCUT2D eigenvalue weighted by Crippen LogP contribution is 2.40. The van der Waals surface area contributed by atoms with Crippen LogP contribution in [0.5, 0.6) is 0 Å². The molecule has 0 aliphatic heterocycles. The zero-order chi connectivity index (χ0) is 15.5. The van der Waals surface area contributed by atoms with Gasteiger partial charge in [-0.3, -0.25) is 4.90 Å². The molecule has 2 rings (SSSR count). The fourth-order valence-electron chi connectivity index (χ4n) is 4.15. The Bertz CT molecular complexity index is 303. The molecule has 0 radical (unpaired) electrons. The van der Waals surface area contributed by atoms with E-state index in [-0.39, 0.29) is 0 Å². The van der Waals surface area contributed by atoms with E-state index in [4.69, 9.17) is 0 Å². The number of likely N-dealkylation sites (N-methyl/N-ethyl adjacent to an activating group) is 1. The van der Waals surface area contributed by atoms with E-state index in [0.29, 0.717) is 5.41 Å². The minimum Gasteiger partial charge on any atom is -0.313 e. The molecule has 0 aromatic heterocycles. The number of hydrogen-bond acceptors (Lipinski definition) is 2. The summed E-state index contributed by atoms with van der Waals surface area (Å²) in [5.41, 5.74) is 0.465. The van der Waals surface area contributed by atoms with Crippen molar-refractivity contribution in [1.29, 1.82) is 0 Å². The Morgan fingerprint density at radius 1 is 1.05 bits per heavy atom. The topological polar surface area (TPSA) is 15.3 Å². The molecule has 2 saturated carbocycles. The van der Waals surface area contributed by atoms with Crippen molar-refractivity contribution in [1.82, 2.24) is 10.2 Å². The summed E-state index contributed by atoms with van der Waals surface area (Å²) in [6.45, 7) is 15.7. The average Bonchev–Trinajstić information content (AvgIpc) is 3.22. The molecule has 2 aliphatic carbocycles.